The number of nitrogens with zero attached hydrogens (tertiary/aromatic N) is 1. The summed E-state index contributed by atoms with van der Waals surface area (Å²) in [4.78, 5) is 28.2. The van der Waals surface area contributed by atoms with Gasteiger partial charge in [-0.2, -0.15) is 0 Å². The predicted molar refractivity (Wildman–Crippen MR) is 101 cm³/mol. The van der Waals surface area contributed by atoms with Crippen LogP contribution < -0.4 is 5.32 Å². The van der Waals surface area contributed by atoms with E-state index in [0.717, 1.165) is 30.6 Å². The second-order valence-electron chi connectivity index (χ2n) is 6.72. The molecule has 0 aliphatic heterocycles. The summed E-state index contributed by atoms with van der Waals surface area (Å²) in [6.45, 7) is 0.667. The highest BCUT2D eigenvalue weighted by Gasteiger charge is 2.27. The van der Waals surface area contributed by atoms with Crippen LogP contribution in [0.15, 0.2) is 36.4 Å². The minimum Gasteiger partial charge on any atom is -0.356 e. The average Bonchev–Trinajstić information content (AvgIpc) is 3.04. The van der Waals surface area contributed by atoms with E-state index in [2.05, 4.69) is 17.4 Å². The molecule has 3 rings (SSSR count). The molecule has 0 bridgehead atoms. The molecule has 1 N–H and O–H groups in total. The number of nitrogens with one attached hydrogen (secondary N) is 1. The standard InChI is InChI=1S/C20H24N2O2S/c1-22(2)20(24)18-13-16-12-15(8-9-17(16)25-18)19(23)21-11-10-14-6-4-3-5-7-14/h3-7,13,15H,8-12H2,1-2H3,(H,21,23). The molecule has 2 aromatic rings. The van der Waals surface area contributed by atoms with Crippen LogP contribution in [0, 0.1) is 5.92 Å². The Hall–Kier alpha value is -2.14. The Labute approximate surface area is 152 Å². The number of benzene rings is 1. The molecule has 0 saturated heterocycles. The van der Waals surface area contributed by atoms with Crippen molar-refractivity contribution >= 4 is 23.2 Å². The number of fused-ring (bicyclic) bond motifs is 1. The van der Waals surface area contributed by atoms with Gasteiger partial charge in [0, 0.05) is 31.4 Å². The van der Waals surface area contributed by atoms with E-state index >= 15 is 0 Å². The molecule has 2 amide bonds. The van der Waals surface area contributed by atoms with Crippen molar-refractivity contribution in [3.05, 3.63) is 57.3 Å². The van der Waals surface area contributed by atoms with Gasteiger partial charge in [0.25, 0.3) is 5.91 Å². The number of rotatable bonds is 5. The Bertz CT molecular complexity index is 752. The molecule has 5 heteroatoms. The van der Waals surface area contributed by atoms with Crippen molar-refractivity contribution < 1.29 is 9.59 Å². The topological polar surface area (TPSA) is 49.4 Å². The number of carbonyl (C=O) groups excluding carboxylic acids is 2. The number of hydrogen-bond acceptors (Lipinski definition) is 3. The van der Waals surface area contributed by atoms with E-state index in [4.69, 9.17) is 0 Å². The molecule has 1 heterocycles. The van der Waals surface area contributed by atoms with Crippen molar-refractivity contribution in [2.75, 3.05) is 20.6 Å². The Balaban J connectivity index is 1.55. The average molecular weight is 356 g/mol. The molecule has 0 saturated carbocycles. The molecule has 0 fully saturated rings. The molecule has 25 heavy (non-hydrogen) atoms. The van der Waals surface area contributed by atoms with Gasteiger partial charge in [0.05, 0.1) is 4.88 Å². The zero-order valence-corrected chi connectivity index (χ0v) is 15.6. The molecule has 0 radical (unpaired) electrons. The highest BCUT2D eigenvalue weighted by Crippen LogP contribution is 2.32. The maximum atomic E-state index is 12.5. The fourth-order valence-corrected chi connectivity index (χ4v) is 4.42. The van der Waals surface area contributed by atoms with E-state index in [-0.39, 0.29) is 17.7 Å². The Morgan fingerprint density at radius 3 is 2.72 bits per heavy atom. The number of carbonyl (C=O) groups is 2. The molecule has 1 aliphatic carbocycles. The van der Waals surface area contributed by atoms with Gasteiger partial charge < -0.3 is 10.2 Å². The van der Waals surface area contributed by atoms with Crippen molar-refractivity contribution in [1.82, 2.24) is 10.2 Å². The second-order valence-corrected chi connectivity index (χ2v) is 7.86. The van der Waals surface area contributed by atoms with E-state index in [1.54, 1.807) is 30.3 Å². The Morgan fingerprint density at radius 2 is 2.00 bits per heavy atom. The smallest absolute Gasteiger partial charge is 0.263 e. The largest absolute Gasteiger partial charge is 0.356 e. The van der Waals surface area contributed by atoms with Crippen LogP contribution in [0.2, 0.25) is 0 Å². The molecule has 132 valence electrons. The summed E-state index contributed by atoms with van der Waals surface area (Å²) in [6, 6.07) is 12.2. The number of thiophene rings is 1. The van der Waals surface area contributed by atoms with Crippen LogP contribution in [0.25, 0.3) is 0 Å². The van der Waals surface area contributed by atoms with Gasteiger partial charge in [-0.1, -0.05) is 30.3 Å². The van der Waals surface area contributed by atoms with Gasteiger partial charge in [-0.15, -0.1) is 11.3 Å². The van der Waals surface area contributed by atoms with Gasteiger partial charge >= 0.3 is 0 Å². The third kappa shape index (κ3) is 4.28. The normalized spacial score (nSPS) is 16.2. The van der Waals surface area contributed by atoms with E-state index in [9.17, 15) is 9.59 Å². The minimum atomic E-state index is 0.0141. The zero-order chi connectivity index (χ0) is 17.8. The van der Waals surface area contributed by atoms with Crippen LogP contribution in [-0.4, -0.2) is 37.4 Å². The van der Waals surface area contributed by atoms with Crippen molar-refractivity contribution in [2.24, 2.45) is 5.92 Å². The lowest BCUT2D eigenvalue weighted by atomic mass is 9.87. The quantitative estimate of drug-likeness (QED) is 0.895. The van der Waals surface area contributed by atoms with Gasteiger partial charge in [0.1, 0.15) is 0 Å². The first kappa shape index (κ1) is 17.7. The molecular weight excluding hydrogens is 332 g/mol. The first-order chi connectivity index (χ1) is 12.0. The summed E-state index contributed by atoms with van der Waals surface area (Å²) in [5.74, 6) is 0.191. The Morgan fingerprint density at radius 1 is 1.24 bits per heavy atom. The fourth-order valence-electron chi connectivity index (χ4n) is 3.19. The van der Waals surface area contributed by atoms with Crippen LogP contribution in [0.4, 0.5) is 0 Å². The number of amides is 2. The Kier molecular flexibility index (Phi) is 5.53. The van der Waals surface area contributed by atoms with E-state index in [1.807, 2.05) is 24.3 Å². The van der Waals surface area contributed by atoms with Gasteiger partial charge in [-0.05, 0) is 42.9 Å². The number of hydrogen-bond donors (Lipinski definition) is 1. The van der Waals surface area contributed by atoms with Gasteiger partial charge in [-0.25, -0.2) is 0 Å². The molecule has 1 unspecified atom stereocenters. The lowest BCUT2D eigenvalue weighted by Crippen LogP contribution is -2.34. The first-order valence-corrected chi connectivity index (χ1v) is 9.51. The summed E-state index contributed by atoms with van der Waals surface area (Å²) in [5.41, 5.74) is 2.41. The molecule has 4 nitrogen and oxygen atoms in total. The first-order valence-electron chi connectivity index (χ1n) is 8.69. The summed E-state index contributed by atoms with van der Waals surface area (Å²) >= 11 is 1.58. The van der Waals surface area contributed by atoms with Crippen molar-refractivity contribution in [3.63, 3.8) is 0 Å². The third-order valence-electron chi connectivity index (χ3n) is 4.63. The van der Waals surface area contributed by atoms with Crippen LogP contribution in [0.5, 0.6) is 0 Å². The lowest BCUT2D eigenvalue weighted by Gasteiger charge is -2.21. The van der Waals surface area contributed by atoms with E-state index < -0.39 is 0 Å². The fraction of sp³-hybridized carbons (Fsp3) is 0.400. The summed E-state index contributed by atoms with van der Waals surface area (Å²) in [6.07, 6.45) is 3.34. The predicted octanol–water partition coefficient (Wildman–Crippen LogP) is 2.91. The lowest BCUT2D eigenvalue weighted by molar-refractivity contribution is -0.125. The van der Waals surface area contributed by atoms with Crippen molar-refractivity contribution in [2.45, 2.75) is 25.7 Å². The summed E-state index contributed by atoms with van der Waals surface area (Å²) in [5, 5.41) is 3.07. The SMILES string of the molecule is CN(C)C(=O)c1cc2c(s1)CCC(C(=O)NCCc1ccccc1)C2. The molecule has 1 aromatic heterocycles. The third-order valence-corrected chi connectivity index (χ3v) is 5.85. The van der Waals surface area contributed by atoms with Crippen LogP contribution in [0.3, 0.4) is 0 Å². The summed E-state index contributed by atoms with van der Waals surface area (Å²) in [7, 11) is 3.54. The van der Waals surface area contributed by atoms with Crippen molar-refractivity contribution in [1.29, 1.82) is 0 Å². The van der Waals surface area contributed by atoms with Crippen LogP contribution in [0.1, 0.15) is 32.1 Å². The monoisotopic (exact) mass is 356 g/mol. The number of aryl methyl sites for hydroxylation is 1. The van der Waals surface area contributed by atoms with Gasteiger partial charge in [0.15, 0.2) is 0 Å². The van der Waals surface area contributed by atoms with Crippen LogP contribution >= 0.6 is 11.3 Å². The summed E-state index contributed by atoms with van der Waals surface area (Å²) < 4.78 is 0. The van der Waals surface area contributed by atoms with Gasteiger partial charge in [0.2, 0.25) is 5.91 Å². The maximum Gasteiger partial charge on any atom is 0.263 e. The van der Waals surface area contributed by atoms with Gasteiger partial charge in [-0.3, -0.25) is 9.59 Å². The van der Waals surface area contributed by atoms with E-state index in [1.165, 1.54) is 16.0 Å². The molecular formula is C20H24N2O2S. The van der Waals surface area contributed by atoms with E-state index in [0.29, 0.717) is 6.54 Å². The maximum absolute atomic E-state index is 12.5. The highest BCUT2D eigenvalue weighted by atomic mass is 32.1. The second kappa shape index (κ2) is 7.83. The molecule has 1 aromatic carbocycles. The van der Waals surface area contributed by atoms with Crippen molar-refractivity contribution in [3.8, 4) is 0 Å². The molecule has 1 atom stereocenters. The minimum absolute atomic E-state index is 0.0141. The molecule has 1 aliphatic rings. The molecule has 0 spiro atoms. The zero-order valence-electron chi connectivity index (χ0n) is 14.7. The van der Waals surface area contributed by atoms with Crippen LogP contribution in [-0.2, 0) is 24.1 Å². The highest BCUT2D eigenvalue weighted by molar-refractivity contribution is 7.14.